The van der Waals surface area contributed by atoms with E-state index in [9.17, 15) is 4.79 Å². The molecule has 1 aliphatic carbocycles. The quantitative estimate of drug-likeness (QED) is 0.647. The van der Waals surface area contributed by atoms with Crippen molar-refractivity contribution in [3.63, 3.8) is 0 Å². The van der Waals surface area contributed by atoms with Crippen LogP contribution in [0.2, 0.25) is 0 Å². The van der Waals surface area contributed by atoms with Gasteiger partial charge in [-0.3, -0.25) is 4.79 Å². The summed E-state index contributed by atoms with van der Waals surface area (Å²) in [5.74, 6) is 0.537. The lowest BCUT2D eigenvalue weighted by Crippen LogP contribution is -2.43. The van der Waals surface area contributed by atoms with E-state index in [0.29, 0.717) is 11.9 Å². The summed E-state index contributed by atoms with van der Waals surface area (Å²) < 4.78 is 0. The zero-order chi connectivity index (χ0) is 11.0. The molecule has 84 valence electrons. The highest BCUT2D eigenvalue weighted by atomic mass is 16.2. The molecule has 15 heavy (non-hydrogen) atoms. The summed E-state index contributed by atoms with van der Waals surface area (Å²) in [5, 5.41) is 0. The first-order valence-electron chi connectivity index (χ1n) is 6.15. The van der Waals surface area contributed by atoms with E-state index in [0.717, 1.165) is 12.8 Å². The van der Waals surface area contributed by atoms with Gasteiger partial charge in [0.2, 0.25) is 5.91 Å². The maximum absolute atomic E-state index is 12.1. The first kappa shape index (κ1) is 10.7. The highest BCUT2D eigenvalue weighted by Crippen LogP contribution is 2.37. The molecule has 0 aromatic heterocycles. The molecule has 0 fully saturated rings. The Kier molecular flexibility index (Phi) is 2.85. The van der Waals surface area contributed by atoms with Gasteiger partial charge in [0, 0.05) is 17.7 Å². The van der Waals surface area contributed by atoms with E-state index in [1.165, 1.54) is 25.0 Å². The molecule has 1 amide bonds. The van der Waals surface area contributed by atoms with Gasteiger partial charge in [-0.15, -0.1) is 0 Å². The van der Waals surface area contributed by atoms with E-state index < -0.39 is 0 Å². The zero-order valence-electron chi connectivity index (χ0n) is 10.0. The van der Waals surface area contributed by atoms with Crippen LogP contribution in [0, 0.1) is 5.92 Å². The minimum absolute atomic E-state index is 0.198. The molecule has 0 saturated carbocycles. The van der Waals surface area contributed by atoms with Crippen molar-refractivity contribution in [3.8, 4) is 0 Å². The predicted octanol–water partition coefficient (Wildman–Crippen LogP) is 3.09. The standard InChI is InChI=1S/C13H21NO/c1-9(2)14-12-7-5-4-6-11(12)8-10(3)13(14)15/h9-10H,4-8H2,1-3H3. The molecule has 0 spiro atoms. The van der Waals surface area contributed by atoms with Gasteiger partial charge < -0.3 is 4.90 Å². The Morgan fingerprint density at radius 2 is 1.93 bits per heavy atom. The molecule has 0 aromatic rings. The molecule has 0 saturated heterocycles. The average Bonchev–Trinajstić information content (AvgIpc) is 2.19. The van der Waals surface area contributed by atoms with Crippen LogP contribution >= 0.6 is 0 Å². The summed E-state index contributed by atoms with van der Waals surface area (Å²) in [6, 6.07) is 0.323. The lowest BCUT2D eigenvalue weighted by atomic mass is 9.84. The SMILES string of the molecule is CC1CC2=C(CCCC2)N(C(C)C)C1=O. The topological polar surface area (TPSA) is 20.3 Å². The number of nitrogens with zero attached hydrogens (tertiary/aromatic N) is 1. The van der Waals surface area contributed by atoms with Gasteiger partial charge >= 0.3 is 0 Å². The molecule has 2 rings (SSSR count). The first-order valence-corrected chi connectivity index (χ1v) is 6.15. The summed E-state index contributed by atoms with van der Waals surface area (Å²) >= 11 is 0. The number of carbonyl (C=O) groups is 1. The van der Waals surface area contributed by atoms with Gasteiger partial charge in [-0.25, -0.2) is 0 Å². The maximum Gasteiger partial charge on any atom is 0.230 e. The Bertz CT molecular complexity index is 304. The summed E-state index contributed by atoms with van der Waals surface area (Å²) in [4.78, 5) is 14.2. The molecule has 0 N–H and O–H groups in total. The molecule has 0 bridgehead atoms. The van der Waals surface area contributed by atoms with Crippen LogP contribution in [-0.4, -0.2) is 16.8 Å². The van der Waals surface area contributed by atoms with Gasteiger partial charge in [0.15, 0.2) is 0 Å². The van der Waals surface area contributed by atoms with Crippen LogP contribution in [0.15, 0.2) is 11.3 Å². The summed E-state index contributed by atoms with van der Waals surface area (Å²) in [5.41, 5.74) is 2.92. The number of hydrogen-bond acceptors (Lipinski definition) is 1. The van der Waals surface area contributed by atoms with Crippen LogP contribution in [0.5, 0.6) is 0 Å². The van der Waals surface area contributed by atoms with Crippen molar-refractivity contribution >= 4 is 5.91 Å². The lowest BCUT2D eigenvalue weighted by Gasteiger charge is -2.40. The van der Waals surface area contributed by atoms with E-state index in [4.69, 9.17) is 0 Å². The second kappa shape index (κ2) is 3.99. The maximum atomic E-state index is 12.1. The van der Waals surface area contributed by atoms with Gasteiger partial charge in [0.25, 0.3) is 0 Å². The van der Waals surface area contributed by atoms with Gasteiger partial charge in [-0.1, -0.05) is 6.92 Å². The predicted molar refractivity (Wildman–Crippen MR) is 61.3 cm³/mol. The van der Waals surface area contributed by atoms with E-state index in [2.05, 4.69) is 25.7 Å². The zero-order valence-corrected chi connectivity index (χ0v) is 10.0. The van der Waals surface area contributed by atoms with Crippen LogP contribution in [-0.2, 0) is 4.79 Å². The van der Waals surface area contributed by atoms with Crippen molar-refractivity contribution in [1.82, 2.24) is 4.90 Å². The number of carbonyl (C=O) groups excluding carboxylic acids is 1. The monoisotopic (exact) mass is 207 g/mol. The normalized spacial score (nSPS) is 27.3. The van der Waals surface area contributed by atoms with Gasteiger partial charge in [-0.05, 0) is 51.5 Å². The molecular weight excluding hydrogens is 186 g/mol. The molecule has 2 aliphatic rings. The Balaban J connectivity index is 2.35. The van der Waals surface area contributed by atoms with Crippen LogP contribution in [0.25, 0.3) is 0 Å². The fourth-order valence-electron chi connectivity index (χ4n) is 2.86. The van der Waals surface area contributed by atoms with Crippen molar-refractivity contribution < 1.29 is 4.79 Å². The first-order chi connectivity index (χ1) is 7.11. The minimum Gasteiger partial charge on any atom is -0.314 e. The van der Waals surface area contributed by atoms with E-state index in [-0.39, 0.29) is 5.92 Å². The third-order valence-electron chi connectivity index (χ3n) is 3.57. The molecule has 1 heterocycles. The molecule has 0 radical (unpaired) electrons. The third-order valence-corrected chi connectivity index (χ3v) is 3.57. The number of allylic oxidation sites excluding steroid dienone is 2. The fraction of sp³-hybridized carbons (Fsp3) is 0.769. The smallest absolute Gasteiger partial charge is 0.230 e. The van der Waals surface area contributed by atoms with E-state index in [1.54, 1.807) is 5.57 Å². The highest BCUT2D eigenvalue weighted by molar-refractivity contribution is 5.82. The van der Waals surface area contributed by atoms with Crippen molar-refractivity contribution in [2.75, 3.05) is 0 Å². The molecular formula is C13H21NO. The Labute approximate surface area is 92.3 Å². The van der Waals surface area contributed by atoms with Crippen molar-refractivity contribution in [2.45, 2.75) is 58.9 Å². The second-order valence-electron chi connectivity index (χ2n) is 5.16. The Morgan fingerprint density at radius 3 is 2.60 bits per heavy atom. The van der Waals surface area contributed by atoms with E-state index >= 15 is 0 Å². The van der Waals surface area contributed by atoms with Crippen molar-refractivity contribution in [1.29, 1.82) is 0 Å². The Morgan fingerprint density at radius 1 is 1.27 bits per heavy atom. The average molecular weight is 207 g/mol. The Hall–Kier alpha value is -0.790. The molecule has 1 unspecified atom stereocenters. The van der Waals surface area contributed by atoms with Crippen molar-refractivity contribution in [3.05, 3.63) is 11.3 Å². The second-order valence-corrected chi connectivity index (χ2v) is 5.16. The molecule has 2 heteroatoms. The highest BCUT2D eigenvalue weighted by Gasteiger charge is 2.33. The summed E-state index contributed by atoms with van der Waals surface area (Å²) in [6.45, 7) is 6.31. The minimum atomic E-state index is 0.198. The number of amides is 1. The van der Waals surface area contributed by atoms with Gasteiger partial charge in [0.1, 0.15) is 0 Å². The van der Waals surface area contributed by atoms with Crippen LogP contribution in [0.4, 0.5) is 0 Å². The third kappa shape index (κ3) is 1.82. The van der Waals surface area contributed by atoms with Crippen molar-refractivity contribution in [2.24, 2.45) is 5.92 Å². The fourth-order valence-corrected chi connectivity index (χ4v) is 2.86. The molecule has 2 nitrogen and oxygen atoms in total. The summed E-state index contributed by atoms with van der Waals surface area (Å²) in [7, 11) is 0. The summed E-state index contributed by atoms with van der Waals surface area (Å²) in [6.07, 6.45) is 5.91. The van der Waals surface area contributed by atoms with Gasteiger partial charge in [-0.2, -0.15) is 0 Å². The van der Waals surface area contributed by atoms with Crippen LogP contribution in [0.1, 0.15) is 52.9 Å². The van der Waals surface area contributed by atoms with Crippen LogP contribution < -0.4 is 0 Å². The van der Waals surface area contributed by atoms with Gasteiger partial charge in [0.05, 0.1) is 0 Å². The molecule has 1 aliphatic heterocycles. The van der Waals surface area contributed by atoms with Crippen LogP contribution in [0.3, 0.4) is 0 Å². The number of hydrogen-bond donors (Lipinski definition) is 0. The van der Waals surface area contributed by atoms with E-state index in [1.807, 2.05) is 0 Å². The molecule has 1 atom stereocenters. The largest absolute Gasteiger partial charge is 0.314 e. The lowest BCUT2D eigenvalue weighted by molar-refractivity contribution is -0.135. The number of rotatable bonds is 1. The molecule has 0 aromatic carbocycles.